The molecule has 0 heterocycles. The van der Waals surface area contributed by atoms with Gasteiger partial charge in [0.15, 0.2) is 0 Å². The number of nitrogens with one attached hydrogen (secondary N) is 1. The summed E-state index contributed by atoms with van der Waals surface area (Å²) in [5, 5.41) is 20.4. The fourth-order valence-corrected chi connectivity index (χ4v) is 2.42. The maximum atomic E-state index is 12.0. The highest BCUT2D eigenvalue weighted by Gasteiger charge is 2.33. The lowest BCUT2D eigenvalue weighted by molar-refractivity contribution is -0.141. The smallest absolute Gasteiger partial charge is 0.335 e. The molecular formula is C14H15NO5. The van der Waals surface area contributed by atoms with Crippen LogP contribution in [0, 0.1) is 11.8 Å². The van der Waals surface area contributed by atoms with Gasteiger partial charge in [0.25, 0.3) is 0 Å². The Labute approximate surface area is 115 Å². The lowest BCUT2D eigenvalue weighted by atomic mass is 10.0. The molecule has 0 bridgehead atoms. The zero-order valence-corrected chi connectivity index (χ0v) is 10.7. The van der Waals surface area contributed by atoms with E-state index >= 15 is 0 Å². The third-order valence-electron chi connectivity index (χ3n) is 3.53. The van der Waals surface area contributed by atoms with Crippen LogP contribution in [0.3, 0.4) is 0 Å². The van der Waals surface area contributed by atoms with Gasteiger partial charge in [0, 0.05) is 11.6 Å². The van der Waals surface area contributed by atoms with Crippen molar-refractivity contribution < 1.29 is 24.6 Å². The molecule has 3 N–H and O–H groups in total. The lowest BCUT2D eigenvalue weighted by Gasteiger charge is -2.11. The van der Waals surface area contributed by atoms with Gasteiger partial charge >= 0.3 is 11.9 Å². The quantitative estimate of drug-likeness (QED) is 0.778. The van der Waals surface area contributed by atoms with Crippen molar-refractivity contribution in [2.45, 2.75) is 19.3 Å². The number of carboxylic acid groups (broad SMARTS) is 2. The van der Waals surface area contributed by atoms with Gasteiger partial charge in [-0.25, -0.2) is 4.79 Å². The van der Waals surface area contributed by atoms with Gasteiger partial charge in [0.2, 0.25) is 5.91 Å². The highest BCUT2D eigenvalue weighted by Crippen LogP contribution is 2.31. The van der Waals surface area contributed by atoms with Crippen LogP contribution in [0.2, 0.25) is 0 Å². The van der Waals surface area contributed by atoms with Crippen LogP contribution in [0.4, 0.5) is 5.69 Å². The predicted octanol–water partition coefficient (Wildman–Crippen LogP) is 1.82. The number of hydrogen-bond donors (Lipinski definition) is 3. The summed E-state index contributed by atoms with van der Waals surface area (Å²) in [6.45, 7) is 0. The van der Waals surface area contributed by atoms with E-state index in [0.717, 1.165) is 0 Å². The van der Waals surface area contributed by atoms with Crippen LogP contribution in [-0.4, -0.2) is 28.1 Å². The molecule has 0 aliphatic heterocycles. The van der Waals surface area contributed by atoms with Crippen molar-refractivity contribution >= 4 is 23.5 Å². The minimum atomic E-state index is -1.06. The van der Waals surface area contributed by atoms with Crippen molar-refractivity contribution in [2.75, 3.05) is 5.32 Å². The summed E-state index contributed by atoms with van der Waals surface area (Å²) in [7, 11) is 0. The van der Waals surface area contributed by atoms with E-state index in [1.54, 1.807) is 12.1 Å². The average Bonchev–Trinajstić information content (AvgIpc) is 2.88. The van der Waals surface area contributed by atoms with Crippen LogP contribution >= 0.6 is 0 Å². The molecule has 106 valence electrons. The highest BCUT2D eigenvalue weighted by atomic mass is 16.4. The Kier molecular flexibility index (Phi) is 4.02. The third-order valence-corrected chi connectivity index (χ3v) is 3.53. The van der Waals surface area contributed by atoms with Gasteiger partial charge < -0.3 is 15.5 Å². The number of carboxylic acids is 2. The second-order valence-corrected chi connectivity index (χ2v) is 4.92. The number of amides is 1. The Balaban J connectivity index is 2.00. The van der Waals surface area contributed by atoms with E-state index in [1.165, 1.54) is 12.1 Å². The molecule has 2 atom stereocenters. The van der Waals surface area contributed by atoms with Crippen molar-refractivity contribution in [3.05, 3.63) is 29.8 Å². The number of aliphatic carboxylic acids is 1. The summed E-state index contributed by atoms with van der Waals surface area (Å²) < 4.78 is 0. The van der Waals surface area contributed by atoms with E-state index in [0.29, 0.717) is 24.9 Å². The number of carbonyl (C=O) groups excluding carboxylic acids is 1. The normalized spacial score (nSPS) is 21.4. The van der Waals surface area contributed by atoms with Crippen LogP contribution < -0.4 is 5.32 Å². The number of anilines is 1. The van der Waals surface area contributed by atoms with Crippen molar-refractivity contribution in [1.82, 2.24) is 0 Å². The molecule has 0 radical (unpaired) electrons. The second-order valence-electron chi connectivity index (χ2n) is 4.92. The van der Waals surface area contributed by atoms with Gasteiger partial charge in [-0.05, 0) is 37.5 Å². The van der Waals surface area contributed by atoms with E-state index in [9.17, 15) is 14.4 Å². The average molecular weight is 277 g/mol. The Morgan fingerprint density at radius 2 is 1.80 bits per heavy atom. The van der Waals surface area contributed by atoms with Crippen molar-refractivity contribution in [3.63, 3.8) is 0 Å². The molecule has 1 aliphatic carbocycles. The van der Waals surface area contributed by atoms with E-state index in [2.05, 4.69) is 5.32 Å². The van der Waals surface area contributed by atoms with Crippen molar-refractivity contribution in [3.8, 4) is 0 Å². The molecule has 1 amide bonds. The summed E-state index contributed by atoms with van der Waals surface area (Å²) in [5.74, 6) is -2.97. The first-order chi connectivity index (χ1) is 9.47. The number of carbonyl (C=O) groups is 3. The van der Waals surface area contributed by atoms with Crippen molar-refractivity contribution in [2.24, 2.45) is 11.8 Å². The van der Waals surface area contributed by atoms with E-state index in [1.807, 2.05) is 0 Å². The molecule has 1 aromatic carbocycles. The number of rotatable bonds is 4. The van der Waals surface area contributed by atoms with Gasteiger partial charge in [-0.1, -0.05) is 6.07 Å². The monoisotopic (exact) mass is 277 g/mol. The summed E-state index contributed by atoms with van der Waals surface area (Å²) >= 11 is 0. The van der Waals surface area contributed by atoms with Crippen LogP contribution in [-0.2, 0) is 9.59 Å². The largest absolute Gasteiger partial charge is 0.481 e. The van der Waals surface area contributed by atoms with Crippen LogP contribution in [0.1, 0.15) is 29.6 Å². The SMILES string of the molecule is O=C(O)c1cccc(NC(=O)C2CCC(C(=O)O)C2)c1. The van der Waals surface area contributed by atoms with Gasteiger partial charge in [-0.2, -0.15) is 0 Å². The number of aromatic carboxylic acids is 1. The van der Waals surface area contributed by atoms with E-state index < -0.39 is 17.9 Å². The van der Waals surface area contributed by atoms with Crippen LogP contribution in [0.25, 0.3) is 0 Å². The Bertz CT molecular complexity index is 554. The molecule has 6 heteroatoms. The molecule has 2 rings (SSSR count). The van der Waals surface area contributed by atoms with Gasteiger partial charge in [-0.15, -0.1) is 0 Å². The Morgan fingerprint density at radius 3 is 2.40 bits per heavy atom. The molecule has 1 aliphatic rings. The molecule has 0 saturated heterocycles. The van der Waals surface area contributed by atoms with Gasteiger partial charge in [0.1, 0.15) is 0 Å². The zero-order valence-electron chi connectivity index (χ0n) is 10.7. The first-order valence-electron chi connectivity index (χ1n) is 6.34. The minimum Gasteiger partial charge on any atom is -0.481 e. The summed E-state index contributed by atoms with van der Waals surface area (Å²) in [4.78, 5) is 33.7. The fourth-order valence-electron chi connectivity index (χ4n) is 2.42. The Morgan fingerprint density at radius 1 is 1.10 bits per heavy atom. The summed E-state index contributed by atoms with van der Waals surface area (Å²) in [6, 6.07) is 5.97. The van der Waals surface area contributed by atoms with Crippen molar-refractivity contribution in [1.29, 1.82) is 0 Å². The second kappa shape index (κ2) is 5.73. The maximum absolute atomic E-state index is 12.0. The maximum Gasteiger partial charge on any atom is 0.335 e. The van der Waals surface area contributed by atoms with Gasteiger partial charge in [0.05, 0.1) is 11.5 Å². The van der Waals surface area contributed by atoms with Crippen LogP contribution in [0.5, 0.6) is 0 Å². The molecule has 20 heavy (non-hydrogen) atoms. The standard InChI is InChI=1S/C14H15NO5/c16-12(8-4-5-10(6-8)14(19)20)15-11-3-1-2-9(7-11)13(17)18/h1-3,7-8,10H,4-6H2,(H,15,16)(H,17,18)(H,19,20). The zero-order chi connectivity index (χ0) is 14.7. The minimum absolute atomic E-state index is 0.0950. The molecule has 0 spiro atoms. The molecule has 0 aromatic heterocycles. The summed E-state index contributed by atoms with van der Waals surface area (Å²) in [5.41, 5.74) is 0.506. The highest BCUT2D eigenvalue weighted by molar-refractivity contribution is 5.95. The fraction of sp³-hybridized carbons (Fsp3) is 0.357. The predicted molar refractivity (Wildman–Crippen MR) is 70.5 cm³/mol. The first kappa shape index (κ1) is 14.0. The molecule has 1 aromatic rings. The van der Waals surface area contributed by atoms with E-state index in [4.69, 9.17) is 10.2 Å². The molecular weight excluding hydrogens is 262 g/mol. The first-order valence-corrected chi connectivity index (χ1v) is 6.34. The Hall–Kier alpha value is -2.37. The lowest BCUT2D eigenvalue weighted by Crippen LogP contribution is -2.21. The summed E-state index contributed by atoms with van der Waals surface area (Å²) in [6.07, 6.45) is 1.38. The van der Waals surface area contributed by atoms with E-state index in [-0.39, 0.29) is 17.4 Å². The number of benzene rings is 1. The van der Waals surface area contributed by atoms with Crippen LogP contribution in [0.15, 0.2) is 24.3 Å². The molecule has 6 nitrogen and oxygen atoms in total. The molecule has 1 fully saturated rings. The van der Waals surface area contributed by atoms with Gasteiger partial charge in [-0.3, -0.25) is 9.59 Å². The third kappa shape index (κ3) is 3.14. The molecule has 1 saturated carbocycles. The number of hydrogen-bond acceptors (Lipinski definition) is 3. The topological polar surface area (TPSA) is 104 Å². The molecule has 2 unspecified atom stereocenters.